The summed E-state index contributed by atoms with van der Waals surface area (Å²) in [6.07, 6.45) is 0. The molecule has 2 aromatic rings. The van der Waals surface area contributed by atoms with E-state index in [0.717, 1.165) is 9.32 Å². The molecule has 0 radical (unpaired) electrons. The molecule has 0 aliphatic carbocycles. The standard InChI is InChI=1S/C15H13IO3/c1-18-12-6-3-10(4-7-12)15(17)13-9-11(16)5-8-14(13)19-2/h3-9H,1-2H3. The third-order valence-corrected chi connectivity index (χ3v) is 3.43. The molecule has 0 fully saturated rings. The highest BCUT2D eigenvalue weighted by atomic mass is 127. The number of halogens is 1. The molecule has 0 saturated heterocycles. The lowest BCUT2D eigenvalue weighted by Crippen LogP contribution is -2.04. The van der Waals surface area contributed by atoms with E-state index in [1.165, 1.54) is 0 Å². The van der Waals surface area contributed by atoms with Crippen LogP contribution in [-0.2, 0) is 0 Å². The van der Waals surface area contributed by atoms with Gasteiger partial charge in [-0.15, -0.1) is 0 Å². The molecule has 0 aliphatic heterocycles. The Morgan fingerprint density at radius 3 is 2.26 bits per heavy atom. The van der Waals surface area contributed by atoms with Crippen LogP contribution in [0.4, 0.5) is 0 Å². The molecule has 0 heterocycles. The second-order valence-corrected chi connectivity index (χ2v) is 5.15. The zero-order chi connectivity index (χ0) is 13.8. The molecule has 4 heteroatoms. The van der Waals surface area contributed by atoms with Gasteiger partial charge in [0.2, 0.25) is 0 Å². The Kier molecular flexibility index (Phi) is 4.42. The maximum atomic E-state index is 12.5. The predicted molar refractivity (Wildman–Crippen MR) is 82.1 cm³/mol. The number of carbonyl (C=O) groups is 1. The summed E-state index contributed by atoms with van der Waals surface area (Å²) in [5, 5.41) is 0. The number of methoxy groups -OCH3 is 2. The summed E-state index contributed by atoms with van der Waals surface area (Å²) < 4.78 is 11.3. The molecular weight excluding hydrogens is 355 g/mol. The zero-order valence-electron chi connectivity index (χ0n) is 10.6. The highest BCUT2D eigenvalue weighted by molar-refractivity contribution is 14.1. The Morgan fingerprint density at radius 1 is 1.00 bits per heavy atom. The van der Waals surface area contributed by atoms with Crippen molar-refractivity contribution in [1.29, 1.82) is 0 Å². The molecule has 2 aromatic carbocycles. The van der Waals surface area contributed by atoms with Gasteiger partial charge in [0.1, 0.15) is 11.5 Å². The van der Waals surface area contributed by atoms with E-state index in [0.29, 0.717) is 16.9 Å². The van der Waals surface area contributed by atoms with Crippen LogP contribution in [0.5, 0.6) is 11.5 Å². The van der Waals surface area contributed by atoms with Crippen LogP contribution in [0, 0.1) is 3.57 Å². The van der Waals surface area contributed by atoms with Gasteiger partial charge in [0.05, 0.1) is 19.8 Å². The topological polar surface area (TPSA) is 35.5 Å². The second-order valence-electron chi connectivity index (χ2n) is 3.90. The van der Waals surface area contributed by atoms with E-state index < -0.39 is 0 Å². The first-order valence-corrected chi connectivity index (χ1v) is 6.76. The molecule has 0 saturated carbocycles. The van der Waals surface area contributed by atoms with Gasteiger partial charge < -0.3 is 9.47 Å². The molecule has 0 amide bonds. The molecule has 3 nitrogen and oxygen atoms in total. The summed E-state index contributed by atoms with van der Waals surface area (Å²) in [6, 6.07) is 12.6. The highest BCUT2D eigenvalue weighted by Crippen LogP contribution is 2.24. The van der Waals surface area contributed by atoms with E-state index in [1.54, 1.807) is 44.6 Å². The van der Waals surface area contributed by atoms with E-state index >= 15 is 0 Å². The lowest BCUT2D eigenvalue weighted by Gasteiger charge is -2.08. The molecule has 0 bridgehead atoms. The van der Waals surface area contributed by atoms with Crippen LogP contribution in [0.25, 0.3) is 0 Å². The van der Waals surface area contributed by atoms with Crippen molar-refractivity contribution in [3.05, 3.63) is 57.2 Å². The molecule has 19 heavy (non-hydrogen) atoms. The molecule has 0 aliphatic rings. The first-order chi connectivity index (χ1) is 9.15. The number of benzene rings is 2. The van der Waals surface area contributed by atoms with Crippen molar-refractivity contribution in [2.45, 2.75) is 0 Å². The maximum absolute atomic E-state index is 12.5. The molecular formula is C15H13IO3. The lowest BCUT2D eigenvalue weighted by molar-refractivity contribution is 0.103. The van der Waals surface area contributed by atoms with Crippen molar-refractivity contribution in [3.8, 4) is 11.5 Å². The average molecular weight is 368 g/mol. The first-order valence-electron chi connectivity index (χ1n) is 5.68. The van der Waals surface area contributed by atoms with E-state index in [2.05, 4.69) is 22.6 Å². The van der Waals surface area contributed by atoms with Gasteiger partial charge in [0.25, 0.3) is 0 Å². The SMILES string of the molecule is COc1ccc(C(=O)c2cc(I)ccc2OC)cc1. The minimum atomic E-state index is -0.0574. The minimum absolute atomic E-state index is 0.0574. The van der Waals surface area contributed by atoms with Gasteiger partial charge in [0, 0.05) is 9.13 Å². The van der Waals surface area contributed by atoms with Gasteiger partial charge in [-0.1, -0.05) is 0 Å². The Morgan fingerprint density at radius 2 is 1.68 bits per heavy atom. The largest absolute Gasteiger partial charge is 0.497 e. The third-order valence-electron chi connectivity index (χ3n) is 2.76. The van der Waals surface area contributed by atoms with Crippen LogP contribution >= 0.6 is 22.6 Å². The normalized spacial score (nSPS) is 10.1. The highest BCUT2D eigenvalue weighted by Gasteiger charge is 2.14. The van der Waals surface area contributed by atoms with Crippen molar-refractivity contribution in [1.82, 2.24) is 0 Å². The maximum Gasteiger partial charge on any atom is 0.196 e. The first kappa shape index (κ1) is 13.9. The van der Waals surface area contributed by atoms with E-state index in [9.17, 15) is 4.79 Å². The number of hydrogen-bond acceptors (Lipinski definition) is 3. The number of hydrogen-bond donors (Lipinski definition) is 0. The van der Waals surface area contributed by atoms with Crippen LogP contribution in [0.3, 0.4) is 0 Å². The molecule has 98 valence electrons. The Labute approximate surface area is 125 Å². The molecule has 0 atom stereocenters. The number of ketones is 1. The monoisotopic (exact) mass is 368 g/mol. The Hall–Kier alpha value is -1.56. The fraction of sp³-hybridized carbons (Fsp3) is 0.133. The van der Waals surface area contributed by atoms with Crippen molar-refractivity contribution in [2.24, 2.45) is 0 Å². The quantitative estimate of drug-likeness (QED) is 0.612. The second kappa shape index (κ2) is 6.06. The molecule has 0 aromatic heterocycles. The third kappa shape index (κ3) is 3.07. The summed E-state index contributed by atoms with van der Waals surface area (Å²) in [5.41, 5.74) is 1.18. The number of rotatable bonds is 4. The van der Waals surface area contributed by atoms with Gasteiger partial charge in [-0.2, -0.15) is 0 Å². The van der Waals surface area contributed by atoms with Crippen LogP contribution < -0.4 is 9.47 Å². The van der Waals surface area contributed by atoms with E-state index in [1.807, 2.05) is 12.1 Å². The van der Waals surface area contributed by atoms with Crippen LogP contribution in [0.15, 0.2) is 42.5 Å². The fourth-order valence-corrected chi connectivity index (χ4v) is 2.25. The van der Waals surface area contributed by atoms with Crippen molar-refractivity contribution < 1.29 is 14.3 Å². The van der Waals surface area contributed by atoms with Crippen LogP contribution in [-0.4, -0.2) is 20.0 Å². The smallest absolute Gasteiger partial charge is 0.196 e. The van der Waals surface area contributed by atoms with Crippen molar-refractivity contribution in [3.63, 3.8) is 0 Å². The molecule has 0 unspecified atom stereocenters. The van der Waals surface area contributed by atoms with Crippen molar-refractivity contribution >= 4 is 28.4 Å². The van der Waals surface area contributed by atoms with Gasteiger partial charge in [-0.3, -0.25) is 4.79 Å². The van der Waals surface area contributed by atoms with E-state index in [4.69, 9.17) is 9.47 Å². The summed E-state index contributed by atoms with van der Waals surface area (Å²) in [6.45, 7) is 0. The molecule has 2 rings (SSSR count). The Bertz CT molecular complexity index is 591. The molecule has 0 N–H and O–H groups in total. The minimum Gasteiger partial charge on any atom is -0.497 e. The summed E-state index contributed by atoms with van der Waals surface area (Å²) in [5.74, 6) is 1.26. The predicted octanol–water partition coefficient (Wildman–Crippen LogP) is 3.54. The summed E-state index contributed by atoms with van der Waals surface area (Å²) in [7, 11) is 3.16. The fourth-order valence-electron chi connectivity index (χ4n) is 1.76. The van der Waals surface area contributed by atoms with Crippen LogP contribution in [0.1, 0.15) is 15.9 Å². The van der Waals surface area contributed by atoms with Gasteiger partial charge in [-0.25, -0.2) is 0 Å². The van der Waals surface area contributed by atoms with Crippen LogP contribution in [0.2, 0.25) is 0 Å². The summed E-state index contributed by atoms with van der Waals surface area (Å²) >= 11 is 2.17. The zero-order valence-corrected chi connectivity index (χ0v) is 12.8. The number of ether oxygens (including phenoxy) is 2. The molecule has 0 spiro atoms. The lowest BCUT2D eigenvalue weighted by atomic mass is 10.0. The van der Waals surface area contributed by atoms with E-state index in [-0.39, 0.29) is 5.78 Å². The summed E-state index contributed by atoms with van der Waals surface area (Å²) in [4.78, 5) is 12.5. The van der Waals surface area contributed by atoms with Gasteiger partial charge in [0.15, 0.2) is 5.78 Å². The average Bonchev–Trinajstić information content (AvgIpc) is 2.46. The number of carbonyl (C=O) groups excluding carboxylic acids is 1. The van der Waals surface area contributed by atoms with Gasteiger partial charge in [-0.05, 0) is 65.1 Å². The van der Waals surface area contributed by atoms with Crippen molar-refractivity contribution in [2.75, 3.05) is 14.2 Å². The van der Waals surface area contributed by atoms with Gasteiger partial charge >= 0.3 is 0 Å². The Balaban J connectivity index is 2.40.